The van der Waals surface area contributed by atoms with Gasteiger partial charge in [-0.3, -0.25) is 4.79 Å². The van der Waals surface area contributed by atoms with Gasteiger partial charge in [0.15, 0.2) is 0 Å². The number of hydrogen-bond donors (Lipinski definition) is 1. The standard InChI is InChI=1S/C20H24FN3O5S2/c1-23(2)31(27,28)24(15-10-6-5-9-14(15)21)12-17(25)22-19-18(20(26)29-3)13-8-4-7-11-16(13)30-19/h5-6,9-10H,4,7-8,11-12H2,1-3H3,(H,22,25). The van der Waals surface area contributed by atoms with Gasteiger partial charge < -0.3 is 10.1 Å². The Labute approximate surface area is 184 Å². The van der Waals surface area contributed by atoms with Gasteiger partial charge in [0, 0.05) is 19.0 Å². The third-order valence-corrected chi connectivity index (χ3v) is 7.98. The molecule has 1 aromatic carbocycles. The Bertz CT molecular complexity index is 1100. The van der Waals surface area contributed by atoms with E-state index in [9.17, 15) is 22.4 Å². The first kappa shape index (κ1) is 23.2. The van der Waals surface area contributed by atoms with Gasteiger partial charge in [-0.1, -0.05) is 12.1 Å². The number of carbonyl (C=O) groups is 2. The fourth-order valence-electron chi connectivity index (χ4n) is 3.41. The maximum atomic E-state index is 14.4. The number of anilines is 2. The fraction of sp³-hybridized carbons (Fsp3) is 0.400. The van der Waals surface area contributed by atoms with Crippen LogP contribution in [-0.2, 0) is 32.6 Å². The minimum absolute atomic E-state index is 0.245. The predicted octanol–water partition coefficient (Wildman–Crippen LogP) is 2.80. The number of halogens is 1. The molecule has 0 saturated heterocycles. The van der Waals surface area contributed by atoms with Crippen LogP contribution in [0.25, 0.3) is 0 Å². The van der Waals surface area contributed by atoms with Crippen molar-refractivity contribution in [1.29, 1.82) is 0 Å². The van der Waals surface area contributed by atoms with Crippen molar-refractivity contribution < 1.29 is 27.1 Å². The molecule has 8 nitrogen and oxygen atoms in total. The van der Waals surface area contributed by atoms with E-state index in [-0.39, 0.29) is 5.69 Å². The summed E-state index contributed by atoms with van der Waals surface area (Å²) >= 11 is 1.29. The molecule has 0 fully saturated rings. The van der Waals surface area contributed by atoms with E-state index in [4.69, 9.17) is 4.74 Å². The first-order chi connectivity index (χ1) is 14.7. The average molecular weight is 470 g/mol. The zero-order valence-corrected chi connectivity index (χ0v) is 19.1. The Morgan fingerprint density at radius 3 is 2.52 bits per heavy atom. The third-order valence-electron chi connectivity index (χ3n) is 4.96. The number of nitrogens with zero attached hydrogens (tertiary/aromatic N) is 2. The van der Waals surface area contributed by atoms with Crippen LogP contribution >= 0.6 is 11.3 Å². The SMILES string of the molecule is COC(=O)c1c(NC(=O)CN(c2ccccc2F)S(=O)(=O)N(C)C)sc2c1CCCC2. The van der Waals surface area contributed by atoms with E-state index in [1.165, 1.54) is 50.7 Å². The third kappa shape index (κ3) is 4.73. The summed E-state index contributed by atoms with van der Waals surface area (Å²) in [6.07, 6.45) is 3.44. The number of rotatable bonds is 7. The summed E-state index contributed by atoms with van der Waals surface area (Å²) < 4.78 is 46.4. The first-order valence-corrected chi connectivity index (χ1v) is 11.9. The van der Waals surface area contributed by atoms with Gasteiger partial charge in [-0.2, -0.15) is 12.7 Å². The Morgan fingerprint density at radius 1 is 1.19 bits per heavy atom. The maximum Gasteiger partial charge on any atom is 0.341 e. The summed E-state index contributed by atoms with van der Waals surface area (Å²) in [5.74, 6) is -2.03. The summed E-state index contributed by atoms with van der Waals surface area (Å²) in [6, 6.07) is 5.32. The average Bonchev–Trinajstić information content (AvgIpc) is 3.09. The molecule has 0 saturated carbocycles. The molecule has 0 atom stereocenters. The van der Waals surface area contributed by atoms with E-state index >= 15 is 0 Å². The monoisotopic (exact) mass is 469 g/mol. The number of hydrogen-bond acceptors (Lipinski definition) is 6. The molecule has 1 aromatic heterocycles. The minimum Gasteiger partial charge on any atom is -0.465 e. The van der Waals surface area contributed by atoms with Gasteiger partial charge in [0.2, 0.25) is 5.91 Å². The maximum absolute atomic E-state index is 14.4. The molecule has 31 heavy (non-hydrogen) atoms. The lowest BCUT2D eigenvalue weighted by molar-refractivity contribution is -0.114. The Morgan fingerprint density at radius 2 is 1.87 bits per heavy atom. The lowest BCUT2D eigenvalue weighted by Crippen LogP contribution is -2.44. The van der Waals surface area contributed by atoms with Crippen LogP contribution in [0.5, 0.6) is 0 Å². The van der Waals surface area contributed by atoms with Crippen molar-refractivity contribution in [2.75, 3.05) is 37.4 Å². The zero-order chi connectivity index (χ0) is 22.8. The highest BCUT2D eigenvalue weighted by atomic mass is 32.2. The number of para-hydroxylation sites is 1. The molecule has 11 heteroatoms. The summed E-state index contributed by atoms with van der Waals surface area (Å²) in [5.41, 5.74) is 0.929. The number of amides is 1. The number of carbonyl (C=O) groups excluding carboxylic acids is 2. The number of aryl methyl sites for hydroxylation is 1. The van der Waals surface area contributed by atoms with Gasteiger partial charge >= 0.3 is 16.2 Å². The second-order valence-electron chi connectivity index (χ2n) is 7.20. The highest BCUT2D eigenvalue weighted by molar-refractivity contribution is 7.90. The summed E-state index contributed by atoms with van der Waals surface area (Å²) in [4.78, 5) is 26.2. The smallest absolute Gasteiger partial charge is 0.341 e. The summed E-state index contributed by atoms with van der Waals surface area (Å²) in [6.45, 7) is -0.662. The van der Waals surface area contributed by atoms with E-state index in [0.717, 1.165) is 40.1 Å². The molecule has 0 spiro atoms. The highest BCUT2D eigenvalue weighted by Gasteiger charge is 2.31. The van der Waals surface area contributed by atoms with Crippen molar-refractivity contribution in [2.24, 2.45) is 0 Å². The molecule has 1 amide bonds. The number of esters is 1. The molecule has 0 bridgehead atoms. The molecule has 0 unspecified atom stereocenters. The topological polar surface area (TPSA) is 96.0 Å². The molecule has 1 N–H and O–H groups in total. The van der Waals surface area contributed by atoms with Crippen LogP contribution in [0.1, 0.15) is 33.6 Å². The molecule has 3 rings (SSSR count). The molecular formula is C20H24FN3O5S2. The molecule has 1 aliphatic carbocycles. The zero-order valence-electron chi connectivity index (χ0n) is 17.5. The normalized spacial score (nSPS) is 13.6. The van der Waals surface area contributed by atoms with Gasteiger partial charge in [-0.05, 0) is 43.4 Å². The van der Waals surface area contributed by atoms with E-state index < -0.39 is 34.4 Å². The Kier molecular flexibility index (Phi) is 6.97. The predicted molar refractivity (Wildman–Crippen MR) is 117 cm³/mol. The van der Waals surface area contributed by atoms with E-state index in [2.05, 4.69) is 5.32 Å². The molecule has 2 aromatic rings. The van der Waals surface area contributed by atoms with Gasteiger partial charge in [0.05, 0.1) is 18.4 Å². The van der Waals surface area contributed by atoms with Crippen molar-refractivity contribution in [3.05, 3.63) is 46.1 Å². The molecule has 168 valence electrons. The lowest BCUT2D eigenvalue weighted by Gasteiger charge is -2.27. The highest BCUT2D eigenvalue weighted by Crippen LogP contribution is 2.38. The quantitative estimate of drug-likeness (QED) is 0.629. The van der Waals surface area contributed by atoms with Gasteiger partial charge in [0.1, 0.15) is 17.4 Å². The lowest BCUT2D eigenvalue weighted by atomic mass is 9.95. The van der Waals surface area contributed by atoms with Gasteiger partial charge in [0.25, 0.3) is 0 Å². The minimum atomic E-state index is -4.16. The molecule has 1 heterocycles. The van der Waals surface area contributed by atoms with Crippen molar-refractivity contribution >= 4 is 44.1 Å². The Hall–Kier alpha value is -2.50. The summed E-state index contributed by atoms with van der Waals surface area (Å²) in [5, 5.41) is 2.96. The second kappa shape index (κ2) is 9.33. The van der Waals surface area contributed by atoms with Crippen LogP contribution in [0.15, 0.2) is 24.3 Å². The number of ether oxygens (including phenoxy) is 1. The van der Waals surface area contributed by atoms with E-state index in [0.29, 0.717) is 21.3 Å². The van der Waals surface area contributed by atoms with E-state index in [1.54, 1.807) is 0 Å². The molecule has 0 aliphatic heterocycles. The van der Waals surface area contributed by atoms with Crippen LogP contribution in [0.3, 0.4) is 0 Å². The number of benzene rings is 1. The van der Waals surface area contributed by atoms with Crippen molar-refractivity contribution in [1.82, 2.24) is 4.31 Å². The molecule has 1 aliphatic rings. The van der Waals surface area contributed by atoms with Crippen LogP contribution in [0, 0.1) is 5.82 Å². The first-order valence-electron chi connectivity index (χ1n) is 9.64. The van der Waals surface area contributed by atoms with Crippen LogP contribution in [-0.4, -0.2) is 52.3 Å². The van der Waals surface area contributed by atoms with Crippen LogP contribution in [0.2, 0.25) is 0 Å². The number of nitrogens with one attached hydrogen (secondary N) is 1. The van der Waals surface area contributed by atoms with Gasteiger partial charge in [-0.15, -0.1) is 11.3 Å². The Balaban J connectivity index is 1.93. The second-order valence-corrected chi connectivity index (χ2v) is 10.4. The van der Waals surface area contributed by atoms with Crippen LogP contribution in [0.4, 0.5) is 15.1 Å². The van der Waals surface area contributed by atoms with Gasteiger partial charge in [-0.25, -0.2) is 13.5 Å². The van der Waals surface area contributed by atoms with Crippen molar-refractivity contribution in [3.8, 4) is 0 Å². The number of methoxy groups -OCH3 is 1. The summed E-state index contributed by atoms with van der Waals surface area (Å²) in [7, 11) is -0.299. The molecular weight excluding hydrogens is 445 g/mol. The van der Waals surface area contributed by atoms with Crippen molar-refractivity contribution in [2.45, 2.75) is 25.7 Å². The largest absolute Gasteiger partial charge is 0.465 e. The number of fused-ring (bicyclic) bond motifs is 1. The fourth-order valence-corrected chi connectivity index (χ4v) is 5.78. The number of thiophene rings is 1. The van der Waals surface area contributed by atoms with Crippen LogP contribution < -0.4 is 9.62 Å². The van der Waals surface area contributed by atoms with E-state index in [1.807, 2.05) is 0 Å². The van der Waals surface area contributed by atoms with Crippen molar-refractivity contribution in [3.63, 3.8) is 0 Å². The molecule has 0 radical (unpaired) electrons.